The molecule has 0 saturated heterocycles. The second-order valence-corrected chi connectivity index (χ2v) is 5.19. The molecule has 0 aliphatic carbocycles. The molecule has 0 aliphatic heterocycles. The van der Waals surface area contributed by atoms with Crippen LogP contribution in [0.4, 0.5) is 0 Å². The third-order valence-corrected chi connectivity index (χ3v) is 3.37. The van der Waals surface area contributed by atoms with E-state index in [1.165, 1.54) is 12.5 Å². The lowest BCUT2D eigenvalue weighted by molar-refractivity contribution is 0.406. The van der Waals surface area contributed by atoms with E-state index in [1.807, 2.05) is 24.3 Å². The minimum atomic E-state index is -0.151. The standard InChI is InChI=1S/C15H16O2.C4H6O/c1-15(2,11-3-7-13(16)8-4-11)12-5-9-14(17)10-6-12;1-3-5-4-2/h3-10,16-17H,1-2H3;3-4H,1-2H2. The minimum absolute atomic E-state index is 0.151. The van der Waals surface area contributed by atoms with Gasteiger partial charge < -0.3 is 14.9 Å². The summed E-state index contributed by atoms with van der Waals surface area (Å²) in [5.74, 6) is 0.547. The molecule has 0 fully saturated rings. The fourth-order valence-corrected chi connectivity index (χ4v) is 1.99. The molecule has 0 atom stereocenters. The molecule has 3 nitrogen and oxygen atoms in total. The van der Waals surface area contributed by atoms with Crippen LogP contribution in [0.1, 0.15) is 25.0 Å². The zero-order chi connectivity index (χ0) is 16.6. The number of aromatic hydroxyl groups is 2. The lowest BCUT2D eigenvalue weighted by Crippen LogP contribution is -2.18. The van der Waals surface area contributed by atoms with Gasteiger partial charge in [0.05, 0.1) is 12.5 Å². The highest BCUT2D eigenvalue weighted by molar-refractivity contribution is 5.41. The molecule has 2 rings (SSSR count). The number of ether oxygens (including phenoxy) is 1. The van der Waals surface area contributed by atoms with E-state index >= 15 is 0 Å². The Labute approximate surface area is 131 Å². The average Bonchev–Trinajstić information content (AvgIpc) is 2.49. The number of rotatable bonds is 4. The molecule has 0 heterocycles. The van der Waals surface area contributed by atoms with Gasteiger partial charge in [-0.25, -0.2) is 0 Å². The van der Waals surface area contributed by atoms with Crippen molar-refractivity contribution in [2.75, 3.05) is 0 Å². The number of phenolic OH excluding ortho intramolecular Hbond substituents is 2. The van der Waals surface area contributed by atoms with Gasteiger partial charge in [-0.3, -0.25) is 0 Å². The Kier molecular flexibility index (Phi) is 6.26. The number of benzene rings is 2. The summed E-state index contributed by atoms with van der Waals surface area (Å²) in [5.41, 5.74) is 2.10. The van der Waals surface area contributed by atoms with Crippen LogP contribution in [0.25, 0.3) is 0 Å². The van der Waals surface area contributed by atoms with E-state index in [9.17, 15) is 10.2 Å². The second-order valence-electron chi connectivity index (χ2n) is 5.19. The maximum absolute atomic E-state index is 9.30. The van der Waals surface area contributed by atoms with E-state index in [0.717, 1.165) is 11.1 Å². The highest BCUT2D eigenvalue weighted by Crippen LogP contribution is 2.32. The summed E-state index contributed by atoms with van der Waals surface area (Å²) in [6.45, 7) is 10.7. The third kappa shape index (κ3) is 4.70. The second kappa shape index (κ2) is 7.93. The van der Waals surface area contributed by atoms with Crippen LogP contribution in [-0.4, -0.2) is 10.2 Å². The van der Waals surface area contributed by atoms with E-state index < -0.39 is 0 Å². The fourth-order valence-electron chi connectivity index (χ4n) is 1.99. The van der Waals surface area contributed by atoms with E-state index in [1.54, 1.807) is 24.3 Å². The highest BCUT2D eigenvalue weighted by atomic mass is 16.5. The van der Waals surface area contributed by atoms with Gasteiger partial charge in [0.2, 0.25) is 0 Å². The predicted molar refractivity (Wildman–Crippen MR) is 89.8 cm³/mol. The van der Waals surface area contributed by atoms with Crippen molar-refractivity contribution < 1.29 is 14.9 Å². The van der Waals surface area contributed by atoms with Gasteiger partial charge in [0, 0.05) is 5.41 Å². The van der Waals surface area contributed by atoms with E-state index in [2.05, 4.69) is 31.7 Å². The molecule has 0 radical (unpaired) electrons. The molecular weight excluding hydrogens is 276 g/mol. The summed E-state index contributed by atoms with van der Waals surface area (Å²) in [6.07, 6.45) is 2.62. The number of hydrogen-bond acceptors (Lipinski definition) is 3. The summed E-state index contributed by atoms with van der Waals surface area (Å²) in [6, 6.07) is 14.4. The monoisotopic (exact) mass is 298 g/mol. The quantitative estimate of drug-likeness (QED) is 0.803. The van der Waals surface area contributed by atoms with Crippen molar-refractivity contribution in [3.8, 4) is 11.5 Å². The Morgan fingerprint density at radius 2 is 1.09 bits per heavy atom. The predicted octanol–water partition coefficient (Wildman–Crippen LogP) is 4.71. The van der Waals surface area contributed by atoms with Gasteiger partial charge in [-0.1, -0.05) is 51.3 Å². The lowest BCUT2D eigenvalue weighted by Gasteiger charge is -2.26. The molecule has 2 N–H and O–H groups in total. The Balaban J connectivity index is 0.000000422. The van der Waals surface area contributed by atoms with Crippen molar-refractivity contribution in [1.82, 2.24) is 0 Å². The largest absolute Gasteiger partial charge is 0.508 e. The first kappa shape index (κ1) is 17.4. The minimum Gasteiger partial charge on any atom is -0.508 e. The first-order valence-electron chi connectivity index (χ1n) is 6.88. The van der Waals surface area contributed by atoms with Crippen molar-refractivity contribution in [2.45, 2.75) is 19.3 Å². The Morgan fingerprint density at radius 1 is 0.773 bits per heavy atom. The van der Waals surface area contributed by atoms with Gasteiger partial charge >= 0.3 is 0 Å². The molecule has 0 unspecified atom stereocenters. The molecule has 0 spiro atoms. The van der Waals surface area contributed by atoms with Crippen LogP contribution in [-0.2, 0) is 10.2 Å². The third-order valence-electron chi connectivity index (χ3n) is 3.37. The zero-order valence-corrected chi connectivity index (χ0v) is 13.0. The van der Waals surface area contributed by atoms with E-state index in [4.69, 9.17) is 0 Å². The van der Waals surface area contributed by atoms with Crippen molar-refractivity contribution in [1.29, 1.82) is 0 Å². The summed E-state index contributed by atoms with van der Waals surface area (Å²) >= 11 is 0. The van der Waals surface area contributed by atoms with Gasteiger partial charge in [0.1, 0.15) is 11.5 Å². The Morgan fingerprint density at radius 3 is 1.32 bits per heavy atom. The molecule has 116 valence electrons. The van der Waals surface area contributed by atoms with Crippen LogP contribution >= 0.6 is 0 Å². The summed E-state index contributed by atoms with van der Waals surface area (Å²) in [4.78, 5) is 0. The normalized spacial score (nSPS) is 10.1. The van der Waals surface area contributed by atoms with Crippen LogP contribution in [0.15, 0.2) is 74.2 Å². The van der Waals surface area contributed by atoms with Crippen LogP contribution in [0.2, 0.25) is 0 Å². The van der Waals surface area contributed by atoms with Gasteiger partial charge in [-0.2, -0.15) is 0 Å². The van der Waals surface area contributed by atoms with Crippen molar-refractivity contribution >= 4 is 0 Å². The average molecular weight is 298 g/mol. The molecule has 2 aromatic carbocycles. The molecule has 0 aromatic heterocycles. The molecule has 0 amide bonds. The van der Waals surface area contributed by atoms with Crippen LogP contribution in [0, 0.1) is 0 Å². The summed E-state index contributed by atoms with van der Waals surface area (Å²) in [7, 11) is 0. The SMILES string of the molecule is C=COC=C.CC(C)(c1ccc(O)cc1)c1ccc(O)cc1. The van der Waals surface area contributed by atoms with Gasteiger partial charge in [-0.05, 0) is 35.4 Å². The number of phenols is 2. The molecule has 0 aliphatic rings. The first-order chi connectivity index (χ1) is 10.4. The topological polar surface area (TPSA) is 49.7 Å². The zero-order valence-electron chi connectivity index (χ0n) is 13.0. The van der Waals surface area contributed by atoms with Gasteiger partial charge in [0.15, 0.2) is 0 Å². The Bertz CT molecular complexity index is 542. The van der Waals surface area contributed by atoms with Crippen molar-refractivity contribution in [3.05, 3.63) is 85.3 Å². The Hall–Kier alpha value is -2.68. The fraction of sp³-hybridized carbons (Fsp3) is 0.158. The first-order valence-corrected chi connectivity index (χ1v) is 6.88. The van der Waals surface area contributed by atoms with Gasteiger partial charge in [-0.15, -0.1) is 0 Å². The molecular formula is C19H22O3. The van der Waals surface area contributed by atoms with Crippen molar-refractivity contribution in [2.24, 2.45) is 0 Å². The lowest BCUT2D eigenvalue weighted by atomic mass is 9.78. The maximum atomic E-state index is 9.30. The smallest absolute Gasteiger partial charge is 0.115 e. The molecule has 3 heteroatoms. The van der Waals surface area contributed by atoms with E-state index in [-0.39, 0.29) is 16.9 Å². The highest BCUT2D eigenvalue weighted by Gasteiger charge is 2.22. The van der Waals surface area contributed by atoms with Crippen LogP contribution < -0.4 is 0 Å². The van der Waals surface area contributed by atoms with Crippen LogP contribution in [0.3, 0.4) is 0 Å². The molecule has 0 bridgehead atoms. The maximum Gasteiger partial charge on any atom is 0.115 e. The van der Waals surface area contributed by atoms with Gasteiger partial charge in [0.25, 0.3) is 0 Å². The van der Waals surface area contributed by atoms with Crippen molar-refractivity contribution in [3.63, 3.8) is 0 Å². The molecule has 0 saturated carbocycles. The molecule has 22 heavy (non-hydrogen) atoms. The van der Waals surface area contributed by atoms with E-state index in [0.29, 0.717) is 0 Å². The number of hydrogen-bond donors (Lipinski definition) is 2. The molecule has 2 aromatic rings. The van der Waals surface area contributed by atoms with Crippen LogP contribution in [0.5, 0.6) is 11.5 Å². The summed E-state index contributed by atoms with van der Waals surface area (Å²) in [5, 5.41) is 18.6. The summed E-state index contributed by atoms with van der Waals surface area (Å²) < 4.78 is 4.36.